The Kier molecular flexibility index (Phi) is 4.88. The van der Waals surface area contributed by atoms with Crippen LogP contribution in [0.4, 0.5) is 5.82 Å². The zero-order chi connectivity index (χ0) is 15.5. The Bertz CT molecular complexity index is 567. The molecule has 21 heavy (non-hydrogen) atoms. The van der Waals surface area contributed by atoms with Crippen LogP contribution in [0.5, 0.6) is 0 Å². The monoisotopic (exact) mass is 311 g/mol. The lowest BCUT2D eigenvalue weighted by atomic mass is 9.78. The molecule has 1 N–H and O–H groups in total. The molecule has 0 saturated carbocycles. The number of anilines is 1. The van der Waals surface area contributed by atoms with Crippen molar-refractivity contribution in [3.8, 4) is 0 Å². The summed E-state index contributed by atoms with van der Waals surface area (Å²) < 4.78 is 25.7. The highest BCUT2D eigenvalue weighted by Crippen LogP contribution is 2.35. The van der Waals surface area contributed by atoms with Gasteiger partial charge in [-0.25, -0.2) is 18.1 Å². The SMILES string of the molecule is CCCC1(C)CCCN(c2ccc(S(=O)(=O)NC)cn2)C1. The lowest BCUT2D eigenvalue weighted by molar-refractivity contribution is 0.238. The van der Waals surface area contributed by atoms with E-state index < -0.39 is 10.0 Å². The summed E-state index contributed by atoms with van der Waals surface area (Å²) in [5, 5.41) is 0. The van der Waals surface area contributed by atoms with Crippen LogP contribution in [-0.4, -0.2) is 33.5 Å². The highest BCUT2D eigenvalue weighted by molar-refractivity contribution is 7.89. The Morgan fingerprint density at radius 3 is 2.76 bits per heavy atom. The molecule has 0 aromatic carbocycles. The Hall–Kier alpha value is -1.14. The number of rotatable bonds is 5. The lowest BCUT2D eigenvalue weighted by Gasteiger charge is -2.41. The third-order valence-corrected chi connectivity index (χ3v) is 5.66. The molecule has 6 heteroatoms. The molecular weight excluding hydrogens is 286 g/mol. The molecule has 1 aromatic rings. The van der Waals surface area contributed by atoms with Gasteiger partial charge >= 0.3 is 0 Å². The predicted octanol–water partition coefficient (Wildman–Crippen LogP) is 2.40. The molecule has 1 aliphatic heterocycles. The zero-order valence-electron chi connectivity index (χ0n) is 13.1. The molecule has 0 bridgehead atoms. The van der Waals surface area contributed by atoms with E-state index in [2.05, 4.69) is 28.5 Å². The summed E-state index contributed by atoms with van der Waals surface area (Å²) in [5.41, 5.74) is 0.338. The molecule has 0 radical (unpaired) electrons. The lowest BCUT2D eigenvalue weighted by Crippen LogP contribution is -2.42. The molecule has 1 atom stereocenters. The first-order chi connectivity index (χ1) is 9.90. The van der Waals surface area contributed by atoms with Crippen molar-refractivity contribution in [2.75, 3.05) is 25.0 Å². The summed E-state index contributed by atoms with van der Waals surface area (Å²) in [6, 6.07) is 3.43. The molecule has 1 fully saturated rings. The third-order valence-electron chi connectivity index (χ3n) is 4.26. The highest BCUT2D eigenvalue weighted by atomic mass is 32.2. The van der Waals surface area contributed by atoms with Gasteiger partial charge in [0.05, 0.1) is 0 Å². The van der Waals surface area contributed by atoms with Gasteiger partial charge in [-0.15, -0.1) is 0 Å². The van der Waals surface area contributed by atoms with Crippen LogP contribution in [-0.2, 0) is 10.0 Å². The van der Waals surface area contributed by atoms with E-state index in [-0.39, 0.29) is 4.90 Å². The first-order valence-corrected chi connectivity index (χ1v) is 9.03. The molecule has 1 aliphatic rings. The summed E-state index contributed by atoms with van der Waals surface area (Å²) in [5.74, 6) is 0.868. The Morgan fingerprint density at radius 1 is 1.43 bits per heavy atom. The smallest absolute Gasteiger partial charge is 0.241 e. The van der Waals surface area contributed by atoms with Crippen LogP contribution in [0.2, 0.25) is 0 Å². The summed E-state index contributed by atoms with van der Waals surface area (Å²) in [7, 11) is -2.00. The zero-order valence-corrected chi connectivity index (χ0v) is 13.9. The number of sulfonamides is 1. The molecule has 5 nitrogen and oxygen atoms in total. The van der Waals surface area contributed by atoms with Crippen LogP contribution in [0, 0.1) is 5.41 Å². The summed E-state index contributed by atoms with van der Waals surface area (Å²) in [6.07, 6.45) is 6.26. The van der Waals surface area contributed by atoms with Crippen molar-refractivity contribution in [3.05, 3.63) is 18.3 Å². The normalized spacial score (nSPS) is 23.3. The molecular formula is C15H25N3O2S. The number of aromatic nitrogens is 1. The molecule has 0 spiro atoms. The molecule has 1 aromatic heterocycles. The minimum absolute atomic E-state index is 0.210. The number of nitrogens with zero attached hydrogens (tertiary/aromatic N) is 2. The predicted molar refractivity (Wildman–Crippen MR) is 84.9 cm³/mol. The first-order valence-electron chi connectivity index (χ1n) is 7.55. The second-order valence-electron chi connectivity index (χ2n) is 6.15. The van der Waals surface area contributed by atoms with Crippen molar-refractivity contribution < 1.29 is 8.42 Å². The number of nitrogens with one attached hydrogen (secondary N) is 1. The molecule has 1 unspecified atom stereocenters. The van der Waals surface area contributed by atoms with Gasteiger partial charge in [-0.3, -0.25) is 0 Å². The average Bonchev–Trinajstić information content (AvgIpc) is 2.47. The topological polar surface area (TPSA) is 62.3 Å². The van der Waals surface area contributed by atoms with Crippen LogP contribution in [0.1, 0.15) is 39.5 Å². The largest absolute Gasteiger partial charge is 0.356 e. The van der Waals surface area contributed by atoms with E-state index in [1.54, 1.807) is 6.07 Å². The summed E-state index contributed by atoms with van der Waals surface area (Å²) >= 11 is 0. The summed E-state index contributed by atoms with van der Waals surface area (Å²) in [4.78, 5) is 6.83. The number of hydrogen-bond donors (Lipinski definition) is 1. The van der Waals surface area contributed by atoms with E-state index in [0.717, 1.165) is 25.3 Å². The van der Waals surface area contributed by atoms with Crippen molar-refractivity contribution in [2.45, 2.75) is 44.4 Å². The van der Waals surface area contributed by atoms with E-state index in [4.69, 9.17) is 0 Å². The van der Waals surface area contributed by atoms with Crippen molar-refractivity contribution in [3.63, 3.8) is 0 Å². The first kappa shape index (κ1) is 16.2. The van der Waals surface area contributed by atoms with Gasteiger partial charge in [0.25, 0.3) is 0 Å². The van der Waals surface area contributed by atoms with Crippen molar-refractivity contribution in [1.82, 2.24) is 9.71 Å². The molecule has 0 amide bonds. The average molecular weight is 311 g/mol. The molecule has 118 valence electrons. The Morgan fingerprint density at radius 2 is 2.19 bits per heavy atom. The maximum Gasteiger partial charge on any atom is 0.241 e. The molecule has 1 saturated heterocycles. The van der Waals surface area contributed by atoms with Gasteiger partial charge in [0.2, 0.25) is 10.0 Å². The number of piperidine rings is 1. The fraction of sp³-hybridized carbons (Fsp3) is 0.667. The minimum Gasteiger partial charge on any atom is -0.356 e. The fourth-order valence-electron chi connectivity index (χ4n) is 3.16. The fourth-order valence-corrected chi connectivity index (χ4v) is 3.83. The second-order valence-corrected chi connectivity index (χ2v) is 8.03. The van der Waals surface area contributed by atoms with E-state index in [1.807, 2.05) is 6.07 Å². The van der Waals surface area contributed by atoms with E-state index in [9.17, 15) is 8.42 Å². The van der Waals surface area contributed by atoms with Gasteiger partial charge in [0.1, 0.15) is 10.7 Å². The third kappa shape index (κ3) is 3.74. The van der Waals surface area contributed by atoms with Crippen LogP contribution < -0.4 is 9.62 Å². The minimum atomic E-state index is -3.41. The van der Waals surface area contributed by atoms with Gasteiger partial charge in [-0.05, 0) is 43.9 Å². The Balaban J connectivity index is 2.15. The maximum absolute atomic E-state index is 11.7. The van der Waals surface area contributed by atoms with E-state index >= 15 is 0 Å². The van der Waals surface area contributed by atoms with Gasteiger partial charge in [-0.1, -0.05) is 20.3 Å². The Labute approximate surface area is 127 Å². The van der Waals surface area contributed by atoms with Crippen molar-refractivity contribution in [2.24, 2.45) is 5.41 Å². The van der Waals surface area contributed by atoms with Gasteiger partial charge in [0.15, 0.2) is 0 Å². The maximum atomic E-state index is 11.7. The molecule has 0 aliphatic carbocycles. The highest BCUT2D eigenvalue weighted by Gasteiger charge is 2.30. The van der Waals surface area contributed by atoms with Crippen molar-refractivity contribution in [1.29, 1.82) is 0 Å². The van der Waals surface area contributed by atoms with Crippen LogP contribution >= 0.6 is 0 Å². The van der Waals surface area contributed by atoms with Crippen LogP contribution in [0.15, 0.2) is 23.2 Å². The van der Waals surface area contributed by atoms with Crippen LogP contribution in [0.25, 0.3) is 0 Å². The quantitative estimate of drug-likeness (QED) is 0.907. The van der Waals surface area contributed by atoms with Gasteiger partial charge in [0, 0.05) is 19.3 Å². The second kappa shape index (κ2) is 6.32. The van der Waals surface area contributed by atoms with E-state index in [0.29, 0.717) is 5.41 Å². The number of pyridine rings is 1. The molecule has 2 rings (SSSR count). The standard InChI is InChI=1S/C15H25N3O2S/c1-4-8-15(2)9-5-10-18(12-15)14-7-6-13(11-17-14)21(19,20)16-3/h6-7,11,16H,4-5,8-10,12H2,1-3H3. The van der Waals surface area contributed by atoms with E-state index in [1.165, 1.54) is 32.5 Å². The summed E-state index contributed by atoms with van der Waals surface area (Å²) in [6.45, 7) is 6.54. The van der Waals surface area contributed by atoms with Gasteiger partial charge < -0.3 is 4.90 Å². The van der Waals surface area contributed by atoms with Crippen LogP contribution in [0.3, 0.4) is 0 Å². The number of hydrogen-bond acceptors (Lipinski definition) is 4. The molecule has 2 heterocycles. The van der Waals surface area contributed by atoms with Crippen molar-refractivity contribution >= 4 is 15.8 Å². The van der Waals surface area contributed by atoms with Gasteiger partial charge in [-0.2, -0.15) is 0 Å².